The molecule has 0 saturated heterocycles. The van der Waals surface area contributed by atoms with Crippen LogP contribution >= 0.6 is 0 Å². The zero-order chi connectivity index (χ0) is 14.5. The number of benzene rings is 1. The molecule has 2 unspecified atom stereocenters. The Labute approximate surface area is 121 Å². The number of carbonyl (C=O) groups excluding carboxylic acids is 1. The number of nitrogen functional groups attached to an aromatic ring is 1. The van der Waals surface area contributed by atoms with Gasteiger partial charge < -0.3 is 16.4 Å². The maximum Gasteiger partial charge on any atom is 0.251 e. The summed E-state index contributed by atoms with van der Waals surface area (Å²) in [6.07, 6.45) is 6.39. The third-order valence-electron chi connectivity index (χ3n) is 4.24. The van der Waals surface area contributed by atoms with Crippen LogP contribution in [0.4, 0.5) is 11.4 Å². The van der Waals surface area contributed by atoms with Gasteiger partial charge in [0.15, 0.2) is 0 Å². The van der Waals surface area contributed by atoms with Gasteiger partial charge in [0.05, 0.1) is 11.4 Å². The first-order chi connectivity index (χ1) is 9.61. The molecule has 110 valence electrons. The van der Waals surface area contributed by atoms with E-state index in [1.54, 1.807) is 13.1 Å². The van der Waals surface area contributed by atoms with Crippen molar-refractivity contribution in [2.24, 2.45) is 5.92 Å². The molecule has 4 nitrogen and oxygen atoms in total. The van der Waals surface area contributed by atoms with E-state index in [4.69, 9.17) is 5.73 Å². The summed E-state index contributed by atoms with van der Waals surface area (Å²) in [6.45, 7) is 2.30. The van der Waals surface area contributed by atoms with Gasteiger partial charge in [-0.1, -0.05) is 26.2 Å². The number of amides is 1. The van der Waals surface area contributed by atoms with Crippen molar-refractivity contribution in [2.45, 2.75) is 45.1 Å². The average Bonchev–Trinajstić information content (AvgIpc) is 2.65. The lowest BCUT2D eigenvalue weighted by atomic mass is 9.96. The van der Waals surface area contributed by atoms with Crippen molar-refractivity contribution >= 4 is 17.3 Å². The van der Waals surface area contributed by atoms with Gasteiger partial charge in [0.2, 0.25) is 0 Å². The highest BCUT2D eigenvalue weighted by molar-refractivity contribution is 5.95. The summed E-state index contributed by atoms with van der Waals surface area (Å²) in [7, 11) is 1.62. The van der Waals surface area contributed by atoms with Gasteiger partial charge in [-0.3, -0.25) is 4.79 Å². The van der Waals surface area contributed by atoms with Crippen molar-refractivity contribution in [3.8, 4) is 0 Å². The molecule has 0 aliphatic heterocycles. The molecule has 0 spiro atoms. The van der Waals surface area contributed by atoms with Crippen LogP contribution in [0.2, 0.25) is 0 Å². The number of carbonyl (C=O) groups is 1. The van der Waals surface area contributed by atoms with Gasteiger partial charge in [-0.15, -0.1) is 0 Å². The molecule has 1 aromatic rings. The van der Waals surface area contributed by atoms with Crippen LogP contribution in [0.25, 0.3) is 0 Å². The lowest BCUT2D eigenvalue weighted by Gasteiger charge is -2.25. The molecule has 1 aliphatic rings. The predicted octanol–water partition coefficient (Wildman–Crippen LogP) is 3.01. The molecule has 4 heteroatoms. The number of anilines is 2. The Hall–Kier alpha value is -1.71. The van der Waals surface area contributed by atoms with Crippen molar-refractivity contribution in [3.63, 3.8) is 0 Å². The molecule has 1 fully saturated rings. The lowest BCUT2D eigenvalue weighted by Crippen LogP contribution is -2.26. The number of nitrogens with one attached hydrogen (secondary N) is 2. The number of nitrogens with two attached hydrogens (primary N) is 1. The molecular weight excluding hydrogens is 250 g/mol. The molecule has 0 radical (unpaired) electrons. The Morgan fingerprint density at radius 3 is 2.70 bits per heavy atom. The van der Waals surface area contributed by atoms with Crippen LogP contribution in [0.1, 0.15) is 49.4 Å². The molecule has 1 amide bonds. The Kier molecular flexibility index (Phi) is 4.88. The Bertz CT molecular complexity index is 473. The molecule has 1 aromatic carbocycles. The van der Waals surface area contributed by atoms with Gasteiger partial charge in [-0.05, 0) is 37.0 Å². The van der Waals surface area contributed by atoms with Gasteiger partial charge in [0.1, 0.15) is 0 Å². The summed E-state index contributed by atoms with van der Waals surface area (Å²) in [5.41, 5.74) is 8.26. The van der Waals surface area contributed by atoms with Crippen LogP contribution in [-0.4, -0.2) is 19.0 Å². The summed E-state index contributed by atoms with van der Waals surface area (Å²) in [6, 6.07) is 5.95. The molecular formula is C16H25N3O. The van der Waals surface area contributed by atoms with Crippen LogP contribution in [0.15, 0.2) is 18.2 Å². The summed E-state index contributed by atoms with van der Waals surface area (Å²) in [4.78, 5) is 11.6. The van der Waals surface area contributed by atoms with E-state index >= 15 is 0 Å². The standard InChI is InChI=1S/C16H25N3O/c1-11-6-4-3-5-7-14(11)19-15-9-8-12(10-13(15)17)16(20)18-2/h8-11,14,19H,3-7,17H2,1-2H3,(H,18,20). The maximum atomic E-state index is 11.6. The van der Waals surface area contributed by atoms with Gasteiger partial charge in [0.25, 0.3) is 5.91 Å². The zero-order valence-electron chi connectivity index (χ0n) is 12.4. The normalized spacial score (nSPS) is 22.9. The summed E-state index contributed by atoms with van der Waals surface area (Å²) >= 11 is 0. The number of hydrogen-bond acceptors (Lipinski definition) is 3. The predicted molar refractivity (Wildman–Crippen MR) is 83.9 cm³/mol. The Morgan fingerprint density at radius 1 is 1.25 bits per heavy atom. The quantitative estimate of drug-likeness (QED) is 0.587. The SMILES string of the molecule is CNC(=O)c1ccc(NC2CCCCCC2C)c(N)c1. The molecule has 0 aromatic heterocycles. The van der Waals surface area contributed by atoms with Crippen molar-refractivity contribution in [1.29, 1.82) is 0 Å². The lowest BCUT2D eigenvalue weighted by molar-refractivity contribution is 0.0963. The van der Waals surface area contributed by atoms with Crippen LogP contribution < -0.4 is 16.4 Å². The van der Waals surface area contributed by atoms with Gasteiger partial charge in [-0.2, -0.15) is 0 Å². The summed E-state index contributed by atoms with van der Waals surface area (Å²) < 4.78 is 0. The molecule has 0 heterocycles. The molecule has 1 aliphatic carbocycles. The van der Waals surface area contributed by atoms with E-state index in [9.17, 15) is 4.79 Å². The first-order valence-electron chi connectivity index (χ1n) is 7.50. The van der Waals surface area contributed by atoms with Crippen molar-refractivity contribution in [3.05, 3.63) is 23.8 Å². The van der Waals surface area contributed by atoms with Gasteiger partial charge in [0, 0.05) is 18.7 Å². The Morgan fingerprint density at radius 2 is 2.00 bits per heavy atom. The first kappa shape index (κ1) is 14.7. The highest BCUT2D eigenvalue weighted by Crippen LogP contribution is 2.28. The van der Waals surface area contributed by atoms with Crippen molar-refractivity contribution < 1.29 is 4.79 Å². The molecule has 20 heavy (non-hydrogen) atoms. The number of rotatable bonds is 3. The van der Waals surface area contributed by atoms with Crippen LogP contribution in [-0.2, 0) is 0 Å². The van der Waals surface area contributed by atoms with Crippen molar-refractivity contribution in [1.82, 2.24) is 5.32 Å². The van der Waals surface area contributed by atoms with E-state index in [0.717, 1.165) is 5.69 Å². The first-order valence-corrected chi connectivity index (χ1v) is 7.50. The third-order valence-corrected chi connectivity index (χ3v) is 4.24. The van der Waals surface area contributed by atoms with E-state index in [2.05, 4.69) is 17.6 Å². The fraction of sp³-hybridized carbons (Fsp3) is 0.562. The van der Waals surface area contributed by atoms with Crippen LogP contribution in [0, 0.1) is 5.92 Å². The second-order valence-electron chi connectivity index (χ2n) is 5.75. The highest BCUT2D eigenvalue weighted by Gasteiger charge is 2.20. The van der Waals surface area contributed by atoms with E-state index in [0.29, 0.717) is 23.2 Å². The maximum absolute atomic E-state index is 11.6. The molecule has 2 rings (SSSR count). The molecule has 2 atom stereocenters. The Balaban J connectivity index is 2.10. The largest absolute Gasteiger partial charge is 0.397 e. The molecule has 4 N–H and O–H groups in total. The second-order valence-corrected chi connectivity index (χ2v) is 5.75. The van der Waals surface area contributed by atoms with Crippen LogP contribution in [0.3, 0.4) is 0 Å². The minimum atomic E-state index is -0.105. The second kappa shape index (κ2) is 6.64. The van der Waals surface area contributed by atoms with Gasteiger partial charge in [-0.25, -0.2) is 0 Å². The zero-order valence-corrected chi connectivity index (χ0v) is 12.4. The molecule has 0 bridgehead atoms. The van der Waals surface area contributed by atoms with E-state index in [1.165, 1.54) is 32.1 Å². The molecule has 1 saturated carbocycles. The average molecular weight is 275 g/mol. The van der Waals surface area contributed by atoms with E-state index in [1.807, 2.05) is 12.1 Å². The fourth-order valence-corrected chi connectivity index (χ4v) is 2.89. The third kappa shape index (κ3) is 3.44. The van der Waals surface area contributed by atoms with E-state index < -0.39 is 0 Å². The fourth-order valence-electron chi connectivity index (χ4n) is 2.89. The minimum Gasteiger partial charge on any atom is -0.397 e. The van der Waals surface area contributed by atoms with Crippen LogP contribution in [0.5, 0.6) is 0 Å². The van der Waals surface area contributed by atoms with Crippen molar-refractivity contribution in [2.75, 3.05) is 18.1 Å². The monoisotopic (exact) mass is 275 g/mol. The summed E-state index contributed by atoms with van der Waals surface area (Å²) in [5.74, 6) is 0.557. The smallest absolute Gasteiger partial charge is 0.251 e. The topological polar surface area (TPSA) is 67.2 Å². The van der Waals surface area contributed by atoms with Gasteiger partial charge >= 0.3 is 0 Å². The number of hydrogen-bond donors (Lipinski definition) is 3. The highest BCUT2D eigenvalue weighted by atomic mass is 16.1. The summed E-state index contributed by atoms with van der Waals surface area (Å²) in [5, 5.41) is 6.18. The van der Waals surface area contributed by atoms with E-state index in [-0.39, 0.29) is 5.91 Å². The minimum absolute atomic E-state index is 0.105.